The number of nitrogens with one attached hydrogen (secondary N) is 1. The molecule has 1 N–H and O–H groups in total. The Bertz CT molecular complexity index is 524. The van der Waals surface area contributed by atoms with Crippen LogP contribution < -0.4 is 14.8 Å². The van der Waals surface area contributed by atoms with Gasteiger partial charge in [-0.3, -0.25) is 9.69 Å². The standard InChI is InChI=1S/C15H20N2O4/c1-10-6-17(7-11(2)21-10)8-15(18)16-12-3-4-13-14(5-12)20-9-19-13/h3-5,10-11H,6-9H2,1-2H3,(H,16,18). The van der Waals surface area contributed by atoms with Gasteiger partial charge in [-0.25, -0.2) is 0 Å². The summed E-state index contributed by atoms with van der Waals surface area (Å²) < 4.78 is 16.2. The number of morpholine rings is 1. The molecular formula is C15H20N2O4. The smallest absolute Gasteiger partial charge is 0.238 e. The van der Waals surface area contributed by atoms with Crippen LogP contribution >= 0.6 is 0 Å². The summed E-state index contributed by atoms with van der Waals surface area (Å²) in [6.07, 6.45) is 0.319. The molecule has 2 aliphatic heterocycles. The van der Waals surface area contributed by atoms with Gasteiger partial charge in [-0.15, -0.1) is 0 Å². The lowest BCUT2D eigenvalue weighted by molar-refractivity contribution is -0.121. The van der Waals surface area contributed by atoms with Crippen molar-refractivity contribution in [3.05, 3.63) is 18.2 Å². The number of fused-ring (bicyclic) bond motifs is 1. The number of amides is 1. The van der Waals surface area contributed by atoms with Gasteiger partial charge in [0.2, 0.25) is 12.7 Å². The van der Waals surface area contributed by atoms with E-state index < -0.39 is 0 Å². The highest BCUT2D eigenvalue weighted by atomic mass is 16.7. The Morgan fingerprint density at radius 2 is 1.95 bits per heavy atom. The zero-order chi connectivity index (χ0) is 14.8. The van der Waals surface area contributed by atoms with E-state index >= 15 is 0 Å². The summed E-state index contributed by atoms with van der Waals surface area (Å²) >= 11 is 0. The molecule has 3 rings (SSSR count). The third-order valence-corrected chi connectivity index (χ3v) is 3.52. The van der Waals surface area contributed by atoms with Crippen LogP contribution in [0.15, 0.2) is 18.2 Å². The van der Waals surface area contributed by atoms with Crippen molar-refractivity contribution in [3.63, 3.8) is 0 Å². The van der Waals surface area contributed by atoms with Gasteiger partial charge in [0, 0.05) is 24.8 Å². The summed E-state index contributed by atoms with van der Waals surface area (Å²) in [5.74, 6) is 1.35. The van der Waals surface area contributed by atoms with Gasteiger partial charge < -0.3 is 19.5 Å². The molecule has 1 amide bonds. The summed E-state index contributed by atoms with van der Waals surface area (Å²) in [4.78, 5) is 14.2. The first-order valence-corrected chi connectivity index (χ1v) is 7.17. The van der Waals surface area contributed by atoms with E-state index in [0.29, 0.717) is 18.0 Å². The second-order valence-electron chi connectivity index (χ2n) is 5.57. The third kappa shape index (κ3) is 3.46. The maximum atomic E-state index is 12.1. The van der Waals surface area contributed by atoms with Crippen molar-refractivity contribution in [1.82, 2.24) is 4.90 Å². The summed E-state index contributed by atoms with van der Waals surface area (Å²) in [6.45, 7) is 6.21. The van der Waals surface area contributed by atoms with Crippen LogP contribution in [0, 0.1) is 0 Å². The second-order valence-corrected chi connectivity index (χ2v) is 5.57. The Labute approximate surface area is 124 Å². The fraction of sp³-hybridized carbons (Fsp3) is 0.533. The fourth-order valence-electron chi connectivity index (χ4n) is 2.79. The Morgan fingerprint density at radius 3 is 2.71 bits per heavy atom. The highest BCUT2D eigenvalue weighted by molar-refractivity contribution is 5.92. The fourth-order valence-corrected chi connectivity index (χ4v) is 2.79. The van der Waals surface area contributed by atoms with Gasteiger partial charge >= 0.3 is 0 Å². The number of nitrogens with zero attached hydrogens (tertiary/aromatic N) is 1. The minimum atomic E-state index is -0.0323. The molecule has 0 saturated carbocycles. The number of anilines is 1. The lowest BCUT2D eigenvalue weighted by Gasteiger charge is -2.34. The molecule has 1 aromatic carbocycles. The minimum Gasteiger partial charge on any atom is -0.454 e. The largest absolute Gasteiger partial charge is 0.454 e. The van der Waals surface area contributed by atoms with E-state index in [1.807, 2.05) is 19.9 Å². The van der Waals surface area contributed by atoms with Crippen molar-refractivity contribution in [2.24, 2.45) is 0 Å². The molecule has 2 atom stereocenters. The van der Waals surface area contributed by atoms with Gasteiger partial charge in [-0.05, 0) is 26.0 Å². The first kappa shape index (κ1) is 14.2. The molecule has 1 aromatic rings. The predicted octanol–water partition coefficient (Wildman–Crippen LogP) is 1.46. The SMILES string of the molecule is CC1CN(CC(=O)Nc2ccc3c(c2)OCO3)CC(C)O1. The van der Waals surface area contributed by atoms with Crippen LogP contribution in [0.25, 0.3) is 0 Å². The van der Waals surface area contributed by atoms with Crippen molar-refractivity contribution >= 4 is 11.6 Å². The van der Waals surface area contributed by atoms with Gasteiger partial charge in [0.1, 0.15) is 0 Å². The average Bonchev–Trinajstić information content (AvgIpc) is 2.84. The van der Waals surface area contributed by atoms with Crippen LogP contribution in [0.3, 0.4) is 0 Å². The van der Waals surface area contributed by atoms with E-state index in [9.17, 15) is 4.79 Å². The summed E-state index contributed by atoms with van der Waals surface area (Å²) in [5.41, 5.74) is 0.721. The maximum Gasteiger partial charge on any atom is 0.238 e. The Kier molecular flexibility index (Phi) is 3.98. The van der Waals surface area contributed by atoms with E-state index in [-0.39, 0.29) is 24.9 Å². The molecule has 21 heavy (non-hydrogen) atoms. The molecule has 6 nitrogen and oxygen atoms in total. The highest BCUT2D eigenvalue weighted by Gasteiger charge is 2.23. The Hall–Kier alpha value is -1.79. The highest BCUT2D eigenvalue weighted by Crippen LogP contribution is 2.34. The van der Waals surface area contributed by atoms with E-state index in [0.717, 1.165) is 18.8 Å². The van der Waals surface area contributed by atoms with Gasteiger partial charge in [-0.2, -0.15) is 0 Å². The van der Waals surface area contributed by atoms with Gasteiger partial charge in [0.05, 0.1) is 18.8 Å². The Balaban J connectivity index is 1.56. The lowest BCUT2D eigenvalue weighted by Crippen LogP contribution is -2.48. The predicted molar refractivity (Wildman–Crippen MR) is 77.6 cm³/mol. The van der Waals surface area contributed by atoms with Crippen LogP contribution in [0.4, 0.5) is 5.69 Å². The maximum absolute atomic E-state index is 12.1. The molecule has 114 valence electrons. The molecule has 0 aromatic heterocycles. The summed E-state index contributed by atoms with van der Waals surface area (Å²) in [6, 6.07) is 5.40. The number of carbonyl (C=O) groups excluding carboxylic acids is 1. The van der Waals surface area contributed by atoms with Crippen LogP contribution in [-0.4, -0.2) is 49.4 Å². The Morgan fingerprint density at radius 1 is 1.24 bits per heavy atom. The molecule has 1 fully saturated rings. The van der Waals surface area contributed by atoms with Crippen LogP contribution in [0.2, 0.25) is 0 Å². The first-order valence-electron chi connectivity index (χ1n) is 7.17. The third-order valence-electron chi connectivity index (χ3n) is 3.52. The molecule has 2 unspecified atom stereocenters. The lowest BCUT2D eigenvalue weighted by atomic mass is 10.2. The molecule has 0 radical (unpaired) electrons. The van der Waals surface area contributed by atoms with Crippen molar-refractivity contribution in [1.29, 1.82) is 0 Å². The zero-order valence-electron chi connectivity index (χ0n) is 12.3. The second kappa shape index (κ2) is 5.91. The van der Waals surface area contributed by atoms with Crippen molar-refractivity contribution in [2.75, 3.05) is 31.7 Å². The number of hydrogen-bond donors (Lipinski definition) is 1. The number of rotatable bonds is 3. The molecule has 0 spiro atoms. The topological polar surface area (TPSA) is 60.0 Å². The van der Waals surface area contributed by atoms with Gasteiger partial charge in [-0.1, -0.05) is 0 Å². The molecule has 2 aliphatic rings. The molecule has 0 bridgehead atoms. The zero-order valence-corrected chi connectivity index (χ0v) is 12.3. The molecule has 0 aliphatic carbocycles. The molecule has 2 heterocycles. The summed E-state index contributed by atoms with van der Waals surface area (Å²) in [7, 11) is 0. The number of hydrogen-bond acceptors (Lipinski definition) is 5. The number of carbonyl (C=O) groups is 1. The monoisotopic (exact) mass is 292 g/mol. The first-order chi connectivity index (χ1) is 10.1. The van der Waals surface area contributed by atoms with Crippen molar-refractivity contribution < 1.29 is 19.0 Å². The van der Waals surface area contributed by atoms with Crippen molar-refractivity contribution in [3.8, 4) is 11.5 Å². The van der Waals surface area contributed by atoms with Crippen LogP contribution in [-0.2, 0) is 9.53 Å². The van der Waals surface area contributed by atoms with Gasteiger partial charge in [0.25, 0.3) is 0 Å². The molecule has 6 heteroatoms. The molecular weight excluding hydrogens is 272 g/mol. The summed E-state index contributed by atoms with van der Waals surface area (Å²) in [5, 5.41) is 2.89. The normalized spacial score (nSPS) is 24.9. The van der Waals surface area contributed by atoms with Gasteiger partial charge in [0.15, 0.2) is 11.5 Å². The van der Waals surface area contributed by atoms with E-state index in [1.54, 1.807) is 12.1 Å². The van der Waals surface area contributed by atoms with Crippen molar-refractivity contribution in [2.45, 2.75) is 26.1 Å². The van der Waals surface area contributed by atoms with E-state index in [4.69, 9.17) is 14.2 Å². The quantitative estimate of drug-likeness (QED) is 0.914. The van der Waals surface area contributed by atoms with Crippen LogP contribution in [0.1, 0.15) is 13.8 Å². The molecule has 1 saturated heterocycles. The van der Waals surface area contributed by atoms with E-state index in [1.165, 1.54) is 0 Å². The van der Waals surface area contributed by atoms with E-state index in [2.05, 4.69) is 10.2 Å². The van der Waals surface area contributed by atoms with Crippen LogP contribution in [0.5, 0.6) is 11.5 Å². The number of ether oxygens (including phenoxy) is 3. The number of benzene rings is 1. The average molecular weight is 292 g/mol. The minimum absolute atomic E-state index is 0.0323.